The predicted octanol–water partition coefficient (Wildman–Crippen LogP) is 6.23. The monoisotopic (exact) mass is 458 g/mol. The Bertz CT molecular complexity index is 1590. The first-order chi connectivity index (χ1) is 17.0. The van der Waals surface area contributed by atoms with Crippen LogP contribution in [0.3, 0.4) is 0 Å². The van der Waals surface area contributed by atoms with Gasteiger partial charge >= 0.3 is 0 Å². The van der Waals surface area contributed by atoms with Gasteiger partial charge in [0.1, 0.15) is 11.3 Å². The molecule has 0 fully saturated rings. The third-order valence-corrected chi connectivity index (χ3v) is 5.99. The summed E-state index contributed by atoms with van der Waals surface area (Å²) in [5, 5.41) is 21.7. The number of nitriles is 2. The topological polar surface area (TPSA) is 99.5 Å². The minimum absolute atomic E-state index is 0.398. The lowest BCUT2D eigenvalue weighted by molar-refractivity contribution is 0.459. The second-order valence-corrected chi connectivity index (χ2v) is 8.48. The van der Waals surface area contributed by atoms with Crippen LogP contribution in [0.1, 0.15) is 28.7 Å². The minimum atomic E-state index is 0.398. The van der Waals surface area contributed by atoms with E-state index in [9.17, 15) is 5.26 Å². The van der Waals surface area contributed by atoms with Crippen LogP contribution in [0.2, 0.25) is 0 Å². The number of nitrogens with zero attached hydrogens (tertiary/aromatic N) is 5. The number of ether oxygens (including phenoxy) is 1. The van der Waals surface area contributed by atoms with E-state index in [1.165, 1.54) is 0 Å². The summed E-state index contributed by atoms with van der Waals surface area (Å²) >= 11 is 0. The van der Waals surface area contributed by atoms with Gasteiger partial charge in [0.05, 0.1) is 23.2 Å². The van der Waals surface area contributed by atoms with Gasteiger partial charge in [-0.2, -0.15) is 15.5 Å². The lowest BCUT2D eigenvalue weighted by atomic mass is 9.98. The highest BCUT2D eigenvalue weighted by molar-refractivity contribution is 5.84. The zero-order valence-electron chi connectivity index (χ0n) is 19.6. The average Bonchev–Trinajstić information content (AvgIpc) is 3.48. The van der Waals surface area contributed by atoms with Crippen molar-refractivity contribution in [2.75, 3.05) is 5.32 Å². The number of hydrogen-bond acceptors (Lipinski definition) is 6. The summed E-state index contributed by atoms with van der Waals surface area (Å²) in [5.74, 6) is 1.56. The van der Waals surface area contributed by atoms with Gasteiger partial charge in [-0.1, -0.05) is 12.2 Å². The summed E-state index contributed by atoms with van der Waals surface area (Å²) in [6.45, 7) is 3.99. The summed E-state index contributed by atoms with van der Waals surface area (Å²) in [6, 6.07) is 17.5. The summed E-state index contributed by atoms with van der Waals surface area (Å²) in [7, 11) is 1.93. The van der Waals surface area contributed by atoms with Crippen LogP contribution in [0.15, 0.2) is 66.4 Å². The van der Waals surface area contributed by atoms with Crippen molar-refractivity contribution in [3.8, 4) is 23.8 Å². The van der Waals surface area contributed by atoms with Gasteiger partial charge in [-0.3, -0.25) is 0 Å². The van der Waals surface area contributed by atoms with Gasteiger partial charge in [-0.05, 0) is 78.6 Å². The van der Waals surface area contributed by atoms with Crippen LogP contribution >= 0.6 is 0 Å². The molecule has 2 heterocycles. The Hall–Kier alpha value is -4.88. The molecule has 1 aliphatic carbocycles. The van der Waals surface area contributed by atoms with Crippen LogP contribution < -0.4 is 10.1 Å². The fourth-order valence-electron chi connectivity index (χ4n) is 4.28. The van der Waals surface area contributed by atoms with E-state index in [-0.39, 0.29) is 0 Å². The smallest absolute Gasteiger partial charge is 0.249 e. The van der Waals surface area contributed by atoms with Gasteiger partial charge in [0, 0.05) is 30.9 Å². The molecule has 0 saturated heterocycles. The molecule has 2 aromatic carbocycles. The largest absolute Gasteiger partial charge is 0.436 e. The molecule has 4 aromatic rings. The van der Waals surface area contributed by atoms with Crippen molar-refractivity contribution in [2.45, 2.75) is 20.3 Å². The number of hydrogen-bond donors (Lipinski definition) is 1. The maximum absolute atomic E-state index is 9.44. The maximum Gasteiger partial charge on any atom is 0.249 e. The molecule has 5 rings (SSSR count). The Morgan fingerprint density at radius 3 is 2.43 bits per heavy atom. The number of benzene rings is 2. The first-order valence-electron chi connectivity index (χ1n) is 11.2. The lowest BCUT2D eigenvalue weighted by Gasteiger charge is -2.16. The summed E-state index contributed by atoms with van der Waals surface area (Å²) in [4.78, 5) is 9.31. The standard InChI is InChI=1S/C28H22N6O/c1-17-13-21(23-6-4-5-20(23)16-30)14-18(2)26(17)35-27-25-24(11-12-34(25)3)32-28(33-27)31-22-9-7-19(15-29)8-10-22/h4,6-14H,5H2,1-3H3,(H,31,32,33). The number of anilines is 2. The highest BCUT2D eigenvalue weighted by Gasteiger charge is 2.18. The summed E-state index contributed by atoms with van der Waals surface area (Å²) in [6.07, 6.45) is 6.61. The molecule has 0 aliphatic heterocycles. The molecule has 0 radical (unpaired) electrons. The Morgan fingerprint density at radius 2 is 1.74 bits per heavy atom. The number of aromatic nitrogens is 3. The van der Waals surface area contributed by atoms with Crippen LogP contribution in [-0.2, 0) is 7.05 Å². The van der Waals surface area contributed by atoms with E-state index >= 15 is 0 Å². The van der Waals surface area contributed by atoms with Gasteiger partial charge < -0.3 is 14.6 Å². The van der Waals surface area contributed by atoms with Gasteiger partial charge in [-0.25, -0.2) is 4.98 Å². The van der Waals surface area contributed by atoms with Crippen molar-refractivity contribution in [1.29, 1.82) is 10.5 Å². The van der Waals surface area contributed by atoms with Crippen LogP contribution in [0.25, 0.3) is 16.6 Å². The molecule has 0 atom stereocenters. The van der Waals surface area contributed by atoms with Gasteiger partial charge in [0.2, 0.25) is 11.8 Å². The molecule has 1 aliphatic rings. The van der Waals surface area contributed by atoms with E-state index in [2.05, 4.69) is 27.4 Å². The second-order valence-electron chi connectivity index (χ2n) is 8.48. The molecule has 0 saturated carbocycles. The second kappa shape index (κ2) is 8.81. The van der Waals surface area contributed by atoms with E-state index in [0.29, 0.717) is 23.8 Å². The molecule has 0 spiro atoms. The Balaban J connectivity index is 1.53. The van der Waals surface area contributed by atoms with E-state index in [4.69, 9.17) is 10.00 Å². The zero-order valence-corrected chi connectivity index (χ0v) is 19.6. The van der Waals surface area contributed by atoms with Crippen LogP contribution in [0, 0.1) is 36.5 Å². The molecule has 1 N–H and O–H groups in total. The molecule has 35 heavy (non-hydrogen) atoms. The van der Waals surface area contributed by atoms with Crippen molar-refractivity contribution in [2.24, 2.45) is 7.05 Å². The fourth-order valence-corrected chi connectivity index (χ4v) is 4.28. The molecule has 7 nitrogen and oxygen atoms in total. The first kappa shape index (κ1) is 21.9. The lowest BCUT2D eigenvalue weighted by Crippen LogP contribution is -2.03. The molecule has 2 aromatic heterocycles. The summed E-state index contributed by atoms with van der Waals surface area (Å²) < 4.78 is 8.36. The average molecular weight is 459 g/mol. The Kier molecular flexibility index (Phi) is 5.52. The number of fused-ring (bicyclic) bond motifs is 1. The van der Waals surface area contributed by atoms with E-state index in [0.717, 1.165) is 50.3 Å². The number of aryl methyl sites for hydroxylation is 3. The van der Waals surface area contributed by atoms with E-state index < -0.39 is 0 Å². The predicted molar refractivity (Wildman–Crippen MR) is 135 cm³/mol. The van der Waals surface area contributed by atoms with Crippen molar-refractivity contribution in [3.63, 3.8) is 0 Å². The van der Waals surface area contributed by atoms with Gasteiger partial charge in [-0.15, -0.1) is 0 Å². The normalized spacial score (nSPS) is 12.6. The molecule has 170 valence electrons. The molecular weight excluding hydrogens is 436 g/mol. The van der Waals surface area contributed by atoms with Crippen molar-refractivity contribution >= 4 is 28.2 Å². The highest BCUT2D eigenvalue weighted by Crippen LogP contribution is 2.37. The number of allylic oxidation sites excluding steroid dienone is 4. The third kappa shape index (κ3) is 4.12. The molecule has 7 heteroatoms. The molecule has 0 amide bonds. The fraction of sp³-hybridized carbons (Fsp3) is 0.143. The Labute approximate surface area is 203 Å². The van der Waals surface area contributed by atoms with E-state index in [1.807, 2.05) is 74.1 Å². The van der Waals surface area contributed by atoms with Gasteiger partial charge in [0.15, 0.2) is 0 Å². The van der Waals surface area contributed by atoms with Crippen LogP contribution in [0.5, 0.6) is 11.6 Å². The molecule has 0 unspecified atom stereocenters. The first-order valence-corrected chi connectivity index (χ1v) is 11.2. The quantitative estimate of drug-likeness (QED) is 0.380. The SMILES string of the molecule is Cc1cc(C2=C(C#N)CC=C2)cc(C)c1Oc1nc(Nc2ccc(C#N)cc2)nc2ccn(C)c12. The van der Waals surface area contributed by atoms with Crippen molar-refractivity contribution in [3.05, 3.63) is 88.6 Å². The van der Waals surface area contributed by atoms with Crippen LogP contribution in [0.4, 0.5) is 11.6 Å². The number of rotatable bonds is 5. The van der Waals surface area contributed by atoms with Crippen molar-refractivity contribution < 1.29 is 4.74 Å². The molecule has 0 bridgehead atoms. The minimum Gasteiger partial charge on any atom is -0.436 e. The van der Waals surface area contributed by atoms with Crippen LogP contribution in [-0.4, -0.2) is 14.5 Å². The maximum atomic E-state index is 9.44. The zero-order chi connectivity index (χ0) is 24.5. The van der Waals surface area contributed by atoms with Crippen molar-refractivity contribution in [1.82, 2.24) is 14.5 Å². The Morgan fingerprint density at radius 1 is 1.00 bits per heavy atom. The highest BCUT2D eigenvalue weighted by atomic mass is 16.5. The summed E-state index contributed by atoms with van der Waals surface area (Å²) in [5.41, 5.74) is 7.54. The third-order valence-electron chi connectivity index (χ3n) is 5.99. The number of nitrogens with one attached hydrogen (secondary N) is 1. The van der Waals surface area contributed by atoms with Gasteiger partial charge in [0.25, 0.3) is 0 Å². The molecular formula is C28H22N6O. The van der Waals surface area contributed by atoms with E-state index in [1.54, 1.807) is 12.1 Å².